The maximum Gasteiger partial charge on any atom is 0.416 e. The molecule has 0 aliphatic rings. The third-order valence-electron chi connectivity index (χ3n) is 4.47. The summed E-state index contributed by atoms with van der Waals surface area (Å²) >= 11 is 6.01. The highest BCUT2D eigenvalue weighted by Gasteiger charge is 2.30. The van der Waals surface area contributed by atoms with E-state index < -0.39 is 35.7 Å². The zero-order valence-electron chi connectivity index (χ0n) is 17.4. The number of rotatable bonds is 9. The minimum atomic E-state index is -4.51. The van der Waals surface area contributed by atoms with Gasteiger partial charge in [0.1, 0.15) is 24.5 Å². The van der Waals surface area contributed by atoms with Crippen molar-refractivity contribution in [1.82, 2.24) is 10.6 Å². The normalized spacial score (nSPS) is 13.4. The number of benzene rings is 2. The summed E-state index contributed by atoms with van der Waals surface area (Å²) in [7, 11) is 0. The third kappa shape index (κ3) is 7.42. The minimum Gasteiger partial charge on any atom is -0.491 e. The first kappa shape index (κ1) is 25.5. The maximum absolute atomic E-state index is 12.7. The Morgan fingerprint density at radius 1 is 1.12 bits per heavy atom. The van der Waals surface area contributed by atoms with Crippen molar-refractivity contribution in [1.29, 1.82) is 0 Å². The van der Waals surface area contributed by atoms with Crippen molar-refractivity contribution in [2.45, 2.75) is 32.2 Å². The van der Waals surface area contributed by atoms with E-state index in [1.54, 1.807) is 32.0 Å². The zero-order chi connectivity index (χ0) is 23.9. The molecule has 0 bridgehead atoms. The van der Waals surface area contributed by atoms with E-state index in [0.717, 1.165) is 12.1 Å². The van der Waals surface area contributed by atoms with Crippen molar-refractivity contribution in [3.63, 3.8) is 0 Å². The van der Waals surface area contributed by atoms with E-state index in [1.165, 1.54) is 18.2 Å². The van der Waals surface area contributed by atoms with E-state index in [2.05, 4.69) is 10.6 Å². The molecule has 0 saturated carbocycles. The Bertz CT molecular complexity index is 937. The van der Waals surface area contributed by atoms with Gasteiger partial charge in [0.25, 0.3) is 5.91 Å². The van der Waals surface area contributed by atoms with Gasteiger partial charge in [-0.15, -0.1) is 0 Å². The number of aliphatic hydroxyl groups excluding tert-OH is 1. The molecule has 0 heterocycles. The molecule has 0 aliphatic heterocycles. The topological polar surface area (TPSA) is 87.7 Å². The van der Waals surface area contributed by atoms with Crippen LogP contribution in [-0.4, -0.2) is 42.2 Å². The monoisotopic (exact) mass is 472 g/mol. The van der Waals surface area contributed by atoms with Gasteiger partial charge in [-0.05, 0) is 36.2 Å². The number of ether oxygens (including phenoxy) is 1. The predicted octanol–water partition coefficient (Wildman–Crippen LogP) is 3.67. The molecule has 3 N–H and O–H groups in total. The second-order valence-corrected chi connectivity index (χ2v) is 7.82. The van der Waals surface area contributed by atoms with Gasteiger partial charge < -0.3 is 20.5 Å². The molecule has 2 aromatic carbocycles. The Hall–Kier alpha value is -2.78. The number of alkyl halides is 3. The van der Waals surface area contributed by atoms with E-state index in [4.69, 9.17) is 16.3 Å². The molecule has 0 spiro atoms. The third-order valence-corrected chi connectivity index (χ3v) is 4.80. The lowest BCUT2D eigenvalue weighted by Crippen LogP contribution is -2.51. The number of hydrogen-bond acceptors (Lipinski definition) is 4. The first-order valence-corrected chi connectivity index (χ1v) is 10.2. The summed E-state index contributed by atoms with van der Waals surface area (Å²) in [6.45, 7) is 2.93. The molecule has 2 aromatic rings. The lowest BCUT2D eigenvalue weighted by atomic mass is 10.0. The number of hydrogen-bond donors (Lipinski definition) is 3. The van der Waals surface area contributed by atoms with Gasteiger partial charge in [0, 0.05) is 6.54 Å². The highest BCUT2D eigenvalue weighted by atomic mass is 35.5. The van der Waals surface area contributed by atoms with Crippen molar-refractivity contribution >= 4 is 23.4 Å². The van der Waals surface area contributed by atoms with Crippen molar-refractivity contribution < 1.29 is 32.6 Å². The lowest BCUT2D eigenvalue weighted by molar-refractivity contribution is -0.137. The molecule has 2 amide bonds. The molecule has 32 heavy (non-hydrogen) atoms. The Balaban J connectivity index is 1.89. The van der Waals surface area contributed by atoms with E-state index in [0.29, 0.717) is 0 Å². The SMILES string of the molecule is CC(C)C(NC(=O)c1ccccc1Cl)C(=O)NCC(O)COc1cccc(C(F)(F)F)c1. The molecule has 6 nitrogen and oxygen atoms in total. The predicted molar refractivity (Wildman–Crippen MR) is 113 cm³/mol. The smallest absolute Gasteiger partial charge is 0.416 e. The van der Waals surface area contributed by atoms with Gasteiger partial charge in [0.15, 0.2) is 0 Å². The summed E-state index contributed by atoms with van der Waals surface area (Å²) in [6.07, 6.45) is -5.69. The van der Waals surface area contributed by atoms with Crippen molar-refractivity contribution in [3.05, 3.63) is 64.7 Å². The first-order valence-electron chi connectivity index (χ1n) is 9.80. The van der Waals surface area contributed by atoms with Gasteiger partial charge in [0.05, 0.1) is 16.1 Å². The average molecular weight is 473 g/mol. The first-order chi connectivity index (χ1) is 15.0. The molecule has 10 heteroatoms. The highest BCUT2D eigenvalue weighted by Crippen LogP contribution is 2.31. The van der Waals surface area contributed by atoms with Crippen LogP contribution in [0.15, 0.2) is 48.5 Å². The number of nitrogens with one attached hydrogen (secondary N) is 2. The summed E-state index contributed by atoms with van der Waals surface area (Å²) in [5, 5.41) is 15.4. The molecule has 0 aromatic heterocycles. The van der Waals surface area contributed by atoms with E-state index in [-0.39, 0.29) is 35.4 Å². The van der Waals surface area contributed by atoms with Crippen molar-refractivity contribution in [2.24, 2.45) is 5.92 Å². The summed E-state index contributed by atoms with van der Waals surface area (Å²) in [5.74, 6) is -1.37. The van der Waals surface area contributed by atoms with E-state index in [1.807, 2.05) is 0 Å². The van der Waals surface area contributed by atoms with E-state index >= 15 is 0 Å². The molecule has 0 saturated heterocycles. The molecule has 2 atom stereocenters. The number of amides is 2. The molecule has 174 valence electrons. The summed E-state index contributed by atoms with van der Waals surface area (Å²) in [6, 6.07) is 9.78. The van der Waals surface area contributed by atoms with E-state index in [9.17, 15) is 27.9 Å². The molecule has 0 radical (unpaired) electrons. The molecular weight excluding hydrogens is 449 g/mol. The van der Waals surface area contributed by atoms with Crippen LogP contribution in [0.5, 0.6) is 5.75 Å². The fraction of sp³-hybridized carbons (Fsp3) is 0.364. The average Bonchev–Trinajstić information content (AvgIpc) is 2.74. The fourth-order valence-electron chi connectivity index (χ4n) is 2.74. The molecular formula is C22H24ClF3N2O4. The fourth-order valence-corrected chi connectivity index (χ4v) is 2.96. The quantitative estimate of drug-likeness (QED) is 0.519. The Labute approximate surface area is 188 Å². The summed E-state index contributed by atoms with van der Waals surface area (Å²) < 4.78 is 43.4. The van der Waals surface area contributed by atoms with Crippen LogP contribution in [0.4, 0.5) is 13.2 Å². The van der Waals surface area contributed by atoms with Crippen LogP contribution in [0.1, 0.15) is 29.8 Å². The Morgan fingerprint density at radius 3 is 2.44 bits per heavy atom. The standard InChI is InChI=1S/C22H24ClF3N2O4/c1-13(2)19(28-20(30)17-8-3-4-9-18(17)23)21(31)27-11-15(29)12-32-16-7-5-6-14(10-16)22(24,25)26/h3-10,13,15,19,29H,11-12H2,1-2H3,(H,27,31)(H,28,30). The van der Waals surface area contributed by atoms with Crippen LogP contribution in [0.3, 0.4) is 0 Å². The summed E-state index contributed by atoms with van der Waals surface area (Å²) in [4.78, 5) is 25.0. The van der Waals surface area contributed by atoms with Crippen LogP contribution >= 0.6 is 11.6 Å². The van der Waals surface area contributed by atoms with Crippen LogP contribution in [0, 0.1) is 5.92 Å². The highest BCUT2D eigenvalue weighted by molar-refractivity contribution is 6.33. The molecule has 2 unspecified atom stereocenters. The lowest BCUT2D eigenvalue weighted by Gasteiger charge is -2.23. The van der Waals surface area contributed by atoms with Gasteiger partial charge in [0.2, 0.25) is 5.91 Å². The van der Waals surface area contributed by atoms with Crippen LogP contribution in [-0.2, 0) is 11.0 Å². The van der Waals surface area contributed by atoms with Gasteiger partial charge in [-0.1, -0.05) is 43.6 Å². The van der Waals surface area contributed by atoms with Gasteiger partial charge in [-0.3, -0.25) is 9.59 Å². The second-order valence-electron chi connectivity index (χ2n) is 7.41. The zero-order valence-corrected chi connectivity index (χ0v) is 18.2. The Morgan fingerprint density at radius 2 is 1.81 bits per heavy atom. The largest absolute Gasteiger partial charge is 0.491 e. The molecule has 0 aliphatic carbocycles. The van der Waals surface area contributed by atoms with Gasteiger partial charge in [-0.25, -0.2) is 0 Å². The Kier molecular flexibility index (Phi) is 8.91. The number of carbonyl (C=O) groups is 2. The van der Waals surface area contributed by atoms with Crippen LogP contribution in [0.25, 0.3) is 0 Å². The molecule has 0 fully saturated rings. The summed E-state index contributed by atoms with van der Waals surface area (Å²) in [5.41, 5.74) is -0.644. The second kappa shape index (κ2) is 11.2. The molecule has 2 rings (SSSR count). The van der Waals surface area contributed by atoms with Crippen molar-refractivity contribution in [3.8, 4) is 5.75 Å². The van der Waals surface area contributed by atoms with Crippen LogP contribution < -0.4 is 15.4 Å². The minimum absolute atomic E-state index is 0.0581. The van der Waals surface area contributed by atoms with Crippen LogP contribution in [0.2, 0.25) is 5.02 Å². The maximum atomic E-state index is 12.7. The number of carbonyl (C=O) groups excluding carboxylic acids is 2. The van der Waals surface area contributed by atoms with Crippen molar-refractivity contribution in [2.75, 3.05) is 13.2 Å². The van der Waals surface area contributed by atoms with Gasteiger partial charge in [-0.2, -0.15) is 13.2 Å². The number of aliphatic hydroxyl groups is 1. The number of halogens is 4. The van der Waals surface area contributed by atoms with Gasteiger partial charge >= 0.3 is 6.18 Å².